The van der Waals surface area contributed by atoms with E-state index in [1.807, 2.05) is 27.7 Å². The molecule has 0 saturated carbocycles. The molecule has 0 spiro atoms. The van der Waals surface area contributed by atoms with Crippen molar-refractivity contribution in [3.8, 4) is 5.75 Å². The molecule has 1 aromatic rings. The van der Waals surface area contributed by atoms with E-state index < -0.39 is 11.5 Å². The summed E-state index contributed by atoms with van der Waals surface area (Å²) in [7, 11) is 0. The molecule has 1 fully saturated rings. The van der Waals surface area contributed by atoms with E-state index in [1.54, 1.807) is 29.2 Å². The molecule has 1 unspecified atom stereocenters. The highest BCUT2D eigenvalue weighted by Gasteiger charge is 2.38. The molecule has 7 heteroatoms. The third-order valence-electron chi connectivity index (χ3n) is 4.30. The lowest BCUT2D eigenvalue weighted by atomic mass is 9.94. The van der Waals surface area contributed by atoms with Crippen LogP contribution in [-0.2, 0) is 14.4 Å². The molecule has 0 aromatic heterocycles. The third-order valence-corrected chi connectivity index (χ3v) is 4.30. The molecule has 7 nitrogen and oxygen atoms in total. The SMILES string of the molecule is CCNC(=O)COc1cccc(NC(=O)C2CCCN2C(=O)C(C)(C)C)c1. The number of benzene rings is 1. The summed E-state index contributed by atoms with van der Waals surface area (Å²) < 4.78 is 5.44. The van der Waals surface area contributed by atoms with Gasteiger partial charge in [-0.15, -0.1) is 0 Å². The van der Waals surface area contributed by atoms with Crippen LogP contribution >= 0.6 is 0 Å². The van der Waals surface area contributed by atoms with E-state index in [4.69, 9.17) is 4.74 Å². The first-order chi connectivity index (χ1) is 12.7. The Hall–Kier alpha value is -2.57. The van der Waals surface area contributed by atoms with Gasteiger partial charge >= 0.3 is 0 Å². The number of anilines is 1. The summed E-state index contributed by atoms with van der Waals surface area (Å²) in [4.78, 5) is 38.4. The maximum Gasteiger partial charge on any atom is 0.257 e. The van der Waals surface area contributed by atoms with Crippen molar-refractivity contribution in [2.24, 2.45) is 5.41 Å². The van der Waals surface area contributed by atoms with Crippen molar-refractivity contribution in [3.63, 3.8) is 0 Å². The molecular formula is C20H29N3O4. The van der Waals surface area contributed by atoms with Gasteiger partial charge in [-0.25, -0.2) is 0 Å². The summed E-state index contributed by atoms with van der Waals surface area (Å²) in [5.74, 6) is 0.0764. The number of amides is 3. The molecule has 27 heavy (non-hydrogen) atoms. The minimum atomic E-state index is -0.518. The lowest BCUT2D eigenvalue weighted by Crippen LogP contribution is -2.47. The number of hydrogen-bond donors (Lipinski definition) is 2. The highest BCUT2D eigenvalue weighted by Crippen LogP contribution is 2.26. The topological polar surface area (TPSA) is 87.7 Å². The molecule has 0 bridgehead atoms. The average molecular weight is 375 g/mol. The van der Waals surface area contributed by atoms with Gasteiger partial charge < -0.3 is 20.3 Å². The summed E-state index contributed by atoms with van der Waals surface area (Å²) >= 11 is 0. The smallest absolute Gasteiger partial charge is 0.257 e. The van der Waals surface area contributed by atoms with Crippen molar-refractivity contribution < 1.29 is 19.1 Å². The van der Waals surface area contributed by atoms with Gasteiger partial charge in [0.2, 0.25) is 11.8 Å². The molecule has 1 saturated heterocycles. The van der Waals surface area contributed by atoms with E-state index in [0.29, 0.717) is 30.9 Å². The van der Waals surface area contributed by atoms with Gasteiger partial charge in [-0.2, -0.15) is 0 Å². The number of carbonyl (C=O) groups excluding carboxylic acids is 3. The van der Waals surface area contributed by atoms with Crippen LogP contribution in [0.2, 0.25) is 0 Å². The maximum absolute atomic E-state index is 12.7. The quantitative estimate of drug-likeness (QED) is 0.798. The van der Waals surface area contributed by atoms with Crippen LogP contribution in [0.4, 0.5) is 5.69 Å². The number of hydrogen-bond acceptors (Lipinski definition) is 4. The summed E-state index contributed by atoms with van der Waals surface area (Å²) in [6.45, 7) is 8.48. The van der Waals surface area contributed by atoms with Crippen molar-refractivity contribution in [2.45, 2.75) is 46.6 Å². The lowest BCUT2D eigenvalue weighted by Gasteiger charge is -2.30. The molecule has 148 valence electrons. The predicted molar refractivity (Wildman–Crippen MR) is 103 cm³/mol. The molecule has 0 radical (unpaired) electrons. The van der Waals surface area contributed by atoms with Crippen LogP contribution in [-0.4, -0.2) is 48.4 Å². The number of likely N-dealkylation sites (N-methyl/N-ethyl adjacent to an activating group) is 1. The van der Waals surface area contributed by atoms with Crippen LogP contribution in [0.3, 0.4) is 0 Å². The normalized spacial score (nSPS) is 16.7. The Morgan fingerprint density at radius 3 is 2.67 bits per heavy atom. The van der Waals surface area contributed by atoms with Gasteiger partial charge in [-0.1, -0.05) is 26.8 Å². The van der Waals surface area contributed by atoms with E-state index in [9.17, 15) is 14.4 Å². The molecule has 1 atom stereocenters. The second kappa shape index (κ2) is 8.88. The van der Waals surface area contributed by atoms with E-state index >= 15 is 0 Å². The zero-order valence-corrected chi connectivity index (χ0v) is 16.5. The Balaban J connectivity index is 2.00. The standard InChI is InChI=1S/C20H29N3O4/c1-5-21-17(24)13-27-15-9-6-8-14(12-15)22-18(25)16-10-7-11-23(16)19(26)20(2,3)4/h6,8-9,12,16H,5,7,10-11,13H2,1-4H3,(H,21,24)(H,22,25). The van der Waals surface area contributed by atoms with Gasteiger partial charge in [0, 0.05) is 30.3 Å². The molecule has 1 aromatic carbocycles. The molecular weight excluding hydrogens is 346 g/mol. The number of carbonyl (C=O) groups is 3. The fraction of sp³-hybridized carbons (Fsp3) is 0.550. The maximum atomic E-state index is 12.7. The van der Waals surface area contributed by atoms with Gasteiger partial charge in [0.15, 0.2) is 6.61 Å². The molecule has 2 rings (SSSR count). The van der Waals surface area contributed by atoms with Crippen molar-refractivity contribution >= 4 is 23.4 Å². The van der Waals surface area contributed by atoms with Gasteiger partial charge in [0.25, 0.3) is 5.91 Å². The molecule has 0 aliphatic carbocycles. The Morgan fingerprint density at radius 2 is 2.00 bits per heavy atom. The summed E-state index contributed by atoms with van der Waals surface area (Å²) in [6.07, 6.45) is 1.47. The second-order valence-corrected chi connectivity index (χ2v) is 7.67. The monoisotopic (exact) mass is 375 g/mol. The zero-order valence-electron chi connectivity index (χ0n) is 16.5. The van der Waals surface area contributed by atoms with E-state index in [0.717, 1.165) is 6.42 Å². The van der Waals surface area contributed by atoms with Crippen LogP contribution in [0.1, 0.15) is 40.5 Å². The number of rotatable bonds is 6. The summed E-state index contributed by atoms with van der Waals surface area (Å²) in [5.41, 5.74) is 0.0545. The minimum absolute atomic E-state index is 0.0147. The van der Waals surface area contributed by atoms with Crippen molar-refractivity contribution in [1.82, 2.24) is 10.2 Å². The number of nitrogens with zero attached hydrogens (tertiary/aromatic N) is 1. The Morgan fingerprint density at radius 1 is 1.26 bits per heavy atom. The fourth-order valence-corrected chi connectivity index (χ4v) is 3.00. The second-order valence-electron chi connectivity index (χ2n) is 7.67. The van der Waals surface area contributed by atoms with Crippen molar-refractivity contribution in [1.29, 1.82) is 0 Å². The first-order valence-electron chi connectivity index (χ1n) is 9.34. The highest BCUT2D eigenvalue weighted by atomic mass is 16.5. The number of ether oxygens (including phenoxy) is 1. The van der Waals surface area contributed by atoms with Gasteiger partial charge in [-0.05, 0) is 31.9 Å². The Bertz CT molecular complexity index is 697. The largest absolute Gasteiger partial charge is 0.484 e. The predicted octanol–water partition coefficient (Wildman–Crippen LogP) is 2.18. The van der Waals surface area contributed by atoms with Crippen LogP contribution in [0.5, 0.6) is 5.75 Å². The zero-order chi connectivity index (χ0) is 20.0. The average Bonchev–Trinajstić information content (AvgIpc) is 3.08. The van der Waals surface area contributed by atoms with E-state index in [-0.39, 0.29) is 24.3 Å². The van der Waals surface area contributed by atoms with Crippen LogP contribution in [0.25, 0.3) is 0 Å². The lowest BCUT2D eigenvalue weighted by molar-refractivity contribution is -0.143. The Labute approximate surface area is 160 Å². The van der Waals surface area contributed by atoms with Crippen LogP contribution < -0.4 is 15.4 Å². The molecule has 1 aliphatic heterocycles. The molecule has 3 amide bonds. The van der Waals surface area contributed by atoms with E-state index in [2.05, 4.69) is 10.6 Å². The molecule has 1 aliphatic rings. The molecule has 2 N–H and O–H groups in total. The summed E-state index contributed by atoms with van der Waals surface area (Å²) in [5, 5.41) is 5.52. The summed E-state index contributed by atoms with van der Waals surface area (Å²) in [6, 6.07) is 6.43. The van der Waals surface area contributed by atoms with Gasteiger partial charge in [-0.3, -0.25) is 14.4 Å². The third kappa shape index (κ3) is 5.70. The van der Waals surface area contributed by atoms with E-state index in [1.165, 1.54) is 0 Å². The van der Waals surface area contributed by atoms with Crippen molar-refractivity contribution in [2.75, 3.05) is 25.0 Å². The minimum Gasteiger partial charge on any atom is -0.484 e. The first kappa shape index (κ1) is 20.7. The van der Waals surface area contributed by atoms with Crippen LogP contribution in [0.15, 0.2) is 24.3 Å². The van der Waals surface area contributed by atoms with Gasteiger partial charge in [0.1, 0.15) is 11.8 Å². The van der Waals surface area contributed by atoms with Crippen LogP contribution in [0, 0.1) is 5.41 Å². The number of likely N-dealkylation sites (tertiary alicyclic amines) is 1. The highest BCUT2D eigenvalue weighted by molar-refractivity contribution is 5.98. The van der Waals surface area contributed by atoms with Gasteiger partial charge in [0.05, 0.1) is 0 Å². The first-order valence-corrected chi connectivity index (χ1v) is 9.34. The Kier molecular flexibility index (Phi) is 6.82. The fourth-order valence-electron chi connectivity index (χ4n) is 3.00. The van der Waals surface area contributed by atoms with Crippen molar-refractivity contribution in [3.05, 3.63) is 24.3 Å². The molecule has 1 heterocycles. The number of nitrogens with one attached hydrogen (secondary N) is 2.